The van der Waals surface area contributed by atoms with Gasteiger partial charge in [-0.3, -0.25) is 14.8 Å². The molecule has 2 amide bonds. The summed E-state index contributed by atoms with van der Waals surface area (Å²) in [6.45, 7) is 0.140. The summed E-state index contributed by atoms with van der Waals surface area (Å²) in [6, 6.07) is 24.1. The zero-order valence-corrected chi connectivity index (χ0v) is 21.1. The molecule has 0 spiro atoms. The first-order valence-corrected chi connectivity index (χ1v) is 12.3. The Balaban J connectivity index is 1.37. The number of fused-ring (bicyclic) bond motifs is 1. The molecule has 2 atom stereocenters. The number of aromatic nitrogens is 1. The number of carbonyl (C=O) groups excluding carboxylic acids is 2. The van der Waals surface area contributed by atoms with E-state index in [-0.39, 0.29) is 31.1 Å². The molecule has 194 valence electrons. The molecule has 38 heavy (non-hydrogen) atoms. The summed E-state index contributed by atoms with van der Waals surface area (Å²) < 4.78 is 21.0. The van der Waals surface area contributed by atoms with E-state index in [4.69, 9.17) is 14.9 Å². The van der Waals surface area contributed by atoms with Gasteiger partial charge >= 0.3 is 0 Å². The zero-order valence-electron chi connectivity index (χ0n) is 21.1. The number of hydrogen-bond acceptors (Lipinski definition) is 5. The van der Waals surface area contributed by atoms with Crippen LogP contribution in [0.5, 0.6) is 5.75 Å². The first kappa shape index (κ1) is 25.4. The predicted octanol–water partition coefficient (Wildman–Crippen LogP) is 4.76. The number of halogens is 1. The van der Waals surface area contributed by atoms with Gasteiger partial charge in [-0.1, -0.05) is 54.6 Å². The van der Waals surface area contributed by atoms with Crippen LogP contribution in [0, 0.1) is 17.2 Å². The van der Waals surface area contributed by atoms with E-state index >= 15 is 4.39 Å². The second-order valence-corrected chi connectivity index (χ2v) is 9.87. The molecule has 1 heterocycles. The average molecular weight is 514 g/mol. The van der Waals surface area contributed by atoms with Gasteiger partial charge in [0.1, 0.15) is 6.61 Å². The normalized spacial score (nSPS) is 18.2. The maximum atomic E-state index is 15.1. The van der Waals surface area contributed by atoms with Crippen LogP contribution in [-0.2, 0) is 22.6 Å². The lowest BCUT2D eigenvalue weighted by Crippen LogP contribution is -2.36. The molecular weight excluding hydrogens is 485 g/mol. The molecule has 7 nitrogen and oxygen atoms in total. The minimum atomic E-state index is -1.01. The SMILES string of the molecule is CN(C)C(=O)C1(Cc2ccc(OCc3cc(-c4ccccc4)nc4ccccc34)c(F)c2)CC1C(=O)NO. The van der Waals surface area contributed by atoms with E-state index in [1.807, 2.05) is 60.7 Å². The first-order valence-electron chi connectivity index (χ1n) is 12.3. The number of hydrogen-bond donors (Lipinski definition) is 2. The predicted molar refractivity (Wildman–Crippen MR) is 141 cm³/mol. The van der Waals surface area contributed by atoms with Crippen molar-refractivity contribution in [3.63, 3.8) is 0 Å². The molecule has 0 aliphatic heterocycles. The Labute approximate surface area is 219 Å². The van der Waals surface area contributed by atoms with Gasteiger partial charge in [-0.2, -0.15) is 0 Å². The third kappa shape index (κ3) is 4.82. The van der Waals surface area contributed by atoms with E-state index in [0.29, 0.717) is 5.56 Å². The molecular formula is C30H28FN3O4. The van der Waals surface area contributed by atoms with Gasteiger partial charge in [-0.05, 0) is 42.7 Å². The van der Waals surface area contributed by atoms with Gasteiger partial charge in [0.05, 0.1) is 22.5 Å². The van der Waals surface area contributed by atoms with Gasteiger partial charge in [0.25, 0.3) is 0 Å². The fourth-order valence-electron chi connectivity index (χ4n) is 5.09. The Morgan fingerprint density at radius 3 is 2.53 bits per heavy atom. The van der Waals surface area contributed by atoms with Crippen molar-refractivity contribution >= 4 is 22.7 Å². The Morgan fingerprint density at radius 2 is 1.82 bits per heavy atom. The van der Waals surface area contributed by atoms with Crippen LogP contribution >= 0.6 is 0 Å². The van der Waals surface area contributed by atoms with Gasteiger partial charge in [-0.25, -0.2) is 14.9 Å². The molecule has 1 aliphatic rings. The quantitative estimate of drug-likeness (QED) is 0.262. The maximum Gasteiger partial charge on any atom is 0.247 e. The molecule has 1 fully saturated rings. The third-order valence-electron chi connectivity index (χ3n) is 7.10. The summed E-state index contributed by atoms with van der Waals surface area (Å²) in [5.74, 6) is -1.98. The lowest BCUT2D eigenvalue weighted by Gasteiger charge is -2.21. The largest absolute Gasteiger partial charge is 0.486 e. The molecule has 0 saturated heterocycles. The highest BCUT2D eigenvalue weighted by atomic mass is 19.1. The van der Waals surface area contributed by atoms with E-state index in [1.165, 1.54) is 11.0 Å². The Hall–Kier alpha value is -4.30. The van der Waals surface area contributed by atoms with Crippen LogP contribution in [0.25, 0.3) is 22.2 Å². The molecule has 5 rings (SSSR count). The summed E-state index contributed by atoms with van der Waals surface area (Å²) in [7, 11) is 3.22. The highest BCUT2D eigenvalue weighted by molar-refractivity contribution is 5.95. The summed E-state index contributed by atoms with van der Waals surface area (Å²) in [6.07, 6.45) is 0.462. The lowest BCUT2D eigenvalue weighted by molar-refractivity contribution is -0.139. The maximum absolute atomic E-state index is 15.1. The minimum Gasteiger partial charge on any atom is -0.486 e. The van der Waals surface area contributed by atoms with E-state index in [9.17, 15) is 9.59 Å². The number of para-hydroxylation sites is 1. The number of benzene rings is 3. The molecule has 0 bridgehead atoms. The number of nitrogens with one attached hydrogen (secondary N) is 1. The number of rotatable bonds is 8. The van der Waals surface area contributed by atoms with Crippen LogP contribution in [0.3, 0.4) is 0 Å². The molecule has 1 aromatic heterocycles. The van der Waals surface area contributed by atoms with Gasteiger partial charge < -0.3 is 9.64 Å². The lowest BCUT2D eigenvalue weighted by atomic mass is 9.92. The van der Waals surface area contributed by atoms with E-state index < -0.39 is 23.1 Å². The van der Waals surface area contributed by atoms with E-state index in [1.54, 1.807) is 31.7 Å². The molecule has 2 N–H and O–H groups in total. The van der Waals surface area contributed by atoms with Gasteiger partial charge in [0.15, 0.2) is 11.6 Å². The zero-order chi connectivity index (χ0) is 26.9. The van der Waals surface area contributed by atoms with Gasteiger partial charge in [0.2, 0.25) is 11.8 Å². The summed E-state index contributed by atoms with van der Waals surface area (Å²) >= 11 is 0. The van der Waals surface area contributed by atoms with Crippen molar-refractivity contribution in [2.24, 2.45) is 11.3 Å². The first-order chi connectivity index (χ1) is 18.3. The number of ether oxygens (including phenoxy) is 1. The second-order valence-electron chi connectivity index (χ2n) is 9.87. The van der Waals surface area contributed by atoms with Crippen molar-refractivity contribution in [2.45, 2.75) is 19.4 Å². The molecule has 8 heteroatoms. The summed E-state index contributed by atoms with van der Waals surface area (Å²) in [5.41, 5.74) is 4.68. The fourth-order valence-corrected chi connectivity index (χ4v) is 5.09. The molecule has 4 aromatic rings. The van der Waals surface area contributed by atoms with Crippen LogP contribution in [0.15, 0.2) is 78.9 Å². The number of carbonyl (C=O) groups is 2. The highest BCUT2D eigenvalue weighted by Crippen LogP contribution is 2.56. The number of amides is 2. The Bertz CT molecular complexity index is 1510. The molecule has 1 saturated carbocycles. The van der Waals surface area contributed by atoms with Crippen LogP contribution in [-0.4, -0.2) is 41.0 Å². The summed E-state index contributed by atoms with van der Waals surface area (Å²) in [4.78, 5) is 31.1. The fraction of sp³-hybridized carbons (Fsp3) is 0.233. The Morgan fingerprint density at radius 1 is 1.08 bits per heavy atom. The van der Waals surface area contributed by atoms with E-state index in [2.05, 4.69) is 0 Å². The molecule has 1 aliphatic carbocycles. The smallest absolute Gasteiger partial charge is 0.247 e. The van der Waals surface area contributed by atoms with E-state index in [0.717, 1.165) is 27.7 Å². The van der Waals surface area contributed by atoms with Crippen LogP contribution in [0.2, 0.25) is 0 Å². The van der Waals surface area contributed by atoms with Gasteiger partial charge in [-0.15, -0.1) is 0 Å². The van der Waals surface area contributed by atoms with Gasteiger partial charge in [0, 0.05) is 30.6 Å². The van der Waals surface area contributed by atoms with Crippen molar-refractivity contribution in [3.05, 3.63) is 95.8 Å². The highest BCUT2D eigenvalue weighted by Gasteiger charge is 2.63. The number of hydroxylamine groups is 1. The van der Waals surface area contributed by atoms with Crippen molar-refractivity contribution in [3.8, 4) is 17.0 Å². The molecule has 3 aromatic carbocycles. The van der Waals surface area contributed by atoms with Crippen molar-refractivity contribution < 1.29 is 23.9 Å². The van der Waals surface area contributed by atoms with Crippen LogP contribution in [0.1, 0.15) is 17.5 Å². The monoisotopic (exact) mass is 513 g/mol. The molecule has 2 unspecified atom stereocenters. The van der Waals surface area contributed by atoms with Crippen molar-refractivity contribution in [1.29, 1.82) is 0 Å². The Kier molecular flexibility index (Phi) is 6.82. The average Bonchev–Trinajstić information content (AvgIpc) is 3.66. The summed E-state index contributed by atoms with van der Waals surface area (Å²) in [5, 5.41) is 9.97. The van der Waals surface area contributed by atoms with Crippen molar-refractivity contribution in [2.75, 3.05) is 14.1 Å². The standard InChI is InChI=1S/C30H28FN3O4/c1-34(2)29(36)30(17-23(30)28(35)33-37)16-19-12-13-27(24(31)14-19)38-18-21-15-26(20-8-4-3-5-9-20)32-25-11-7-6-10-22(21)25/h3-15,23,37H,16-18H2,1-2H3,(H,33,35). The number of pyridine rings is 1. The topological polar surface area (TPSA) is 91.8 Å². The minimum absolute atomic E-state index is 0.0874. The van der Waals surface area contributed by atoms with Crippen LogP contribution in [0.4, 0.5) is 4.39 Å². The van der Waals surface area contributed by atoms with Crippen molar-refractivity contribution in [1.82, 2.24) is 15.4 Å². The molecule has 0 radical (unpaired) electrons. The second kappa shape index (κ2) is 10.2. The number of nitrogens with zero attached hydrogens (tertiary/aromatic N) is 2. The van der Waals surface area contributed by atoms with Crippen LogP contribution < -0.4 is 10.2 Å². The third-order valence-corrected chi connectivity index (χ3v) is 7.10.